The molecule has 2 N–H and O–H groups in total. The van der Waals surface area contributed by atoms with Gasteiger partial charge in [0.1, 0.15) is 0 Å². The minimum absolute atomic E-state index is 0.184. The first kappa shape index (κ1) is 10.8. The van der Waals surface area contributed by atoms with E-state index in [2.05, 4.69) is 4.98 Å². The maximum atomic E-state index is 12.9. The van der Waals surface area contributed by atoms with Crippen LogP contribution in [0.2, 0.25) is 0 Å². The van der Waals surface area contributed by atoms with Crippen LogP contribution in [0.25, 0.3) is 0 Å². The zero-order valence-electron chi connectivity index (χ0n) is 8.57. The van der Waals surface area contributed by atoms with Gasteiger partial charge in [-0.2, -0.15) is 4.98 Å². The van der Waals surface area contributed by atoms with Crippen molar-refractivity contribution in [3.05, 3.63) is 22.9 Å². The van der Waals surface area contributed by atoms with Crippen molar-refractivity contribution in [3.63, 3.8) is 0 Å². The molecule has 2 heterocycles. The number of piperidine rings is 1. The van der Waals surface area contributed by atoms with Crippen LogP contribution in [0, 0.1) is 0 Å². The summed E-state index contributed by atoms with van der Waals surface area (Å²) in [7, 11) is 0. The number of hydrogen-bond acceptors (Lipinski definition) is 4. The Labute approximate surface area is 90.5 Å². The number of nitrogens with two attached hydrogens (primary N) is 1. The van der Waals surface area contributed by atoms with E-state index >= 15 is 0 Å². The lowest BCUT2D eigenvalue weighted by atomic mass is 10.1. The van der Waals surface area contributed by atoms with Crippen LogP contribution in [0.4, 0.5) is 14.5 Å². The number of rotatable bonds is 1. The maximum absolute atomic E-state index is 12.9. The van der Waals surface area contributed by atoms with Crippen molar-refractivity contribution in [1.82, 2.24) is 9.66 Å². The largest absolute Gasteiger partial charge is 0.369 e. The van der Waals surface area contributed by atoms with Crippen LogP contribution in [0.15, 0.2) is 17.2 Å². The Hall–Kier alpha value is -1.66. The van der Waals surface area contributed by atoms with E-state index < -0.39 is 11.6 Å². The summed E-state index contributed by atoms with van der Waals surface area (Å²) in [5.74, 6) is 2.77. The second kappa shape index (κ2) is 3.73. The molecule has 2 rings (SSSR count). The van der Waals surface area contributed by atoms with E-state index in [1.54, 1.807) is 4.90 Å². The Kier molecular flexibility index (Phi) is 2.53. The van der Waals surface area contributed by atoms with Crippen LogP contribution in [-0.4, -0.2) is 28.7 Å². The van der Waals surface area contributed by atoms with E-state index in [1.807, 2.05) is 0 Å². The summed E-state index contributed by atoms with van der Waals surface area (Å²) in [4.78, 5) is 16.2. The summed E-state index contributed by atoms with van der Waals surface area (Å²) >= 11 is 0. The van der Waals surface area contributed by atoms with E-state index in [4.69, 9.17) is 5.84 Å². The Morgan fingerprint density at radius 2 is 2.00 bits per heavy atom. The first-order chi connectivity index (χ1) is 7.48. The van der Waals surface area contributed by atoms with Gasteiger partial charge in [0.05, 0.1) is 18.1 Å². The number of alkyl halides is 2. The number of anilines is 1. The first-order valence-electron chi connectivity index (χ1n) is 4.94. The zero-order chi connectivity index (χ0) is 11.8. The highest BCUT2D eigenvalue weighted by Crippen LogP contribution is 2.29. The predicted octanol–water partition coefficient (Wildman–Crippen LogP) is 0.193. The van der Waals surface area contributed by atoms with Crippen LogP contribution < -0.4 is 16.4 Å². The summed E-state index contributed by atoms with van der Waals surface area (Å²) in [5.41, 5.74) is 0.0312. The SMILES string of the molecule is Nn1cc(N2CCC(F)(F)CC2)cnc1=O. The zero-order valence-corrected chi connectivity index (χ0v) is 8.57. The lowest BCUT2D eigenvalue weighted by Crippen LogP contribution is -2.40. The normalized spacial score (nSPS) is 19.8. The van der Waals surface area contributed by atoms with Crippen LogP contribution in [0.1, 0.15) is 12.8 Å². The van der Waals surface area contributed by atoms with Crippen molar-refractivity contribution in [1.29, 1.82) is 0 Å². The van der Waals surface area contributed by atoms with Crippen molar-refractivity contribution >= 4 is 5.69 Å². The van der Waals surface area contributed by atoms with Crippen molar-refractivity contribution in [3.8, 4) is 0 Å². The predicted molar refractivity (Wildman–Crippen MR) is 55.0 cm³/mol. The molecule has 0 unspecified atom stereocenters. The Balaban J connectivity index is 2.14. The van der Waals surface area contributed by atoms with Gasteiger partial charge in [0.2, 0.25) is 0 Å². The molecular formula is C9H12F2N4O. The molecule has 88 valence electrons. The fourth-order valence-corrected chi connectivity index (χ4v) is 1.67. The number of nitrogen functional groups attached to an aromatic ring is 1. The third kappa shape index (κ3) is 2.12. The average Bonchev–Trinajstić information content (AvgIpc) is 2.22. The molecule has 1 aromatic rings. The number of nitrogens with zero attached hydrogens (tertiary/aromatic N) is 3. The minimum Gasteiger partial charge on any atom is -0.369 e. The quantitative estimate of drug-likeness (QED) is 0.700. The van der Waals surface area contributed by atoms with Gasteiger partial charge >= 0.3 is 5.69 Å². The molecule has 1 saturated heterocycles. The van der Waals surface area contributed by atoms with Gasteiger partial charge in [-0.1, -0.05) is 0 Å². The molecule has 1 aliphatic rings. The third-order valence-electron chi connectivity index (χ3n) is 2.66. The summed E-state index contributed by atoms with van der Waals surface area (Å²) in [6, 6.07) is 0. The fraction of sp³-hybridized carbons (Fsp3) is 0.556. The van der Waals surface area contributed by atoms with Gasteiger partial charge in [-0.25, -0.2) is 18.3 Å². The Bertz CT molecular complexity index is 435. The highest BCUT2D eigenvalue weighted by Gasteiger charge is 2.34. The summed E-state index contributed by atoms with van der Waals surface area (Å²) in [6.45, 7) is 0.486. The van der Waals surface area contributed by atoms with Crippen molar-refractivity contribution in [2.45, 2.75) is 18.8 Å². The molecule has 0 saturated carbocycles. The van der Waals surface area contributed by atoms with Crippen LogP contribution in [0.5, 0.6) is 0 Å². The van der Waals surface area contributed by atoms with Crippen molar-refractivity contribution in [2.75, 3.05) is 23.8 Å². The van der Waals surface area contributed by atoms with E-state index in [9.17, 15) is 13.6 Å². The lowest BCUT2D eigenvalue weighted by molar-refractivity contribution is -0.0220. The second-order valence-corrected chi connectivity index (χ2v) is 3.85. The van der Waals surface area contributed by atoms with Gasteiger partial charge in [0.25, 0.3) is 5.92 Å². The molecule has 7 heteroatoms. The second-order valence-electron chi connectivity index (χ2n) is 3.85. The summed E-state index contributed by atoms with van der Waals surface area (Å²) < 4.78 is 26.7. The molecule has 0 radical (unpaired) electrons. The van der Waals surface area contributed by atoms with Crippen LogP contribution in [-0.2, 0) is 0 Å². The fourth-order valence-electron chi connectivity index (χ4n) is 1.67. The molecule has 0 atom stereocenters. The number of halogens is 2. The first-order valence-corrected chi connectivity index (χ1v) is 4.94. The highest BCUT2D eigenvalue weighted by molar-refractivity contribution is 5.42. The van der Waals surface area contributed by atoms with Crippen LogP contribution in [0.3, 0.4) is 0 Å². The molecule has 0 amide bonds. The van der Waals surface area contributed by atoms with E-state index in [1.165, 1.54) is 12.4 Å². The monoisotopic (exact) mass is 230 g/mol. The smallest absolute Gasteiger partial charge is 0.365 e. The van der Waals surface area contributed by atoms with E-state index in [0.717, 1.165) is 4.68 Å². The minimum atomic E-state index is -2.58. The Morgan fingerprint density at radius 3 is 2.56 bits per heavy atom. The topological polar surface area (TPSA) is 64.2 Å². The highest BCUT2D eigenvalue weighted by atomic mass is 19.3. The molecule has 1 fully saturated rings. The molecular weight excluding hydrogens is 218 g/mol. The standard InChI is InChI=1S/C9H12F2N4O/c10-9(11)1-3-14(4-2-9)7-5-13-8(16)15(12)6-7/h5-6H,1-4,12H2. The van der Waals surface area contributed by atoms with Gasteiger partial charge in [-0.15, -0.1) is 0 Å². The molecule has 5 nitrogen and oxygen atoms in total. The molecule has 16 heavy (non-hydrogen) atoms. The number of aromatic nitrogens is 2. The molecule has 1 aromatic heterocycles. The van der Waals surface area contributed by atoms with Crippen molar-refractivity contribution in [2.24, 2.45) is 0 Å². The van der Waals surface area contributed by atoms with Gasteiger partial charge < -0.3 is 10.7 Å². The number of hydrogen-bond donors (Lipinski definition) is 1. The Morgan fingerprint density at radius 1 is 1.38 bits per heavy atom. The van der Waals surface area contributed by atoms with Crippen LogP contribution >= 0.6 is 0 Å². The molecule has 0 bridgehead atoms. The maximum Gasteiger partial charge on any atom is 0.365 e. The third-order valence-corrected chi connectivity index (χ3v) is 2.66. The van der Waals surface area contributed by atoms with Gasteiger partial charge in [0.15, 0.2) is 0 Å². The van der Waals surface area contributed by atoms with Gasteiger partial charge in [0, 0.05) is 25.9 Å². The molecule has 0 aliphatic carbocycles. The molecule has 0 aromatic carbocycles. The van der Waals surface area contributed by atoms with E-state index in [-0.39, 0.29) is 25.9 Å². The summed E-state index contributed by atoms with van der Waals surface area (Å²) in [5, 5.41) is 0. The molecule has 0 spiro atoms. The average molecular weight is 230 g/mol. The molecule has 1 aliphatic heterocycles. The summed E-state index contributed by atoms with van der Waals surface area (Å²) in [6.07, 6.45) is 2.39. The van der Waals surface area contributed by atoms with Gasteiger partial charge in [-0.05, 0) is 0 Å². The lowest BCUT2D eigenvalue weighted by Gasteiger charge is -2.33. The van der Waals surface area contributed by atoms with Crippen molar-refractivity contribution < 1.29 is 8.78 Å². The van der Waals surface area contributed by atoms with Gasteiger partial charge in [-0.3, -0.25) is 0 Å². The van der Waals surface area contributed by atoms with E-state index in [0.29, 0.717) is 5.69 Å².